The highest BCUT2D eigenvalue weighted by molar-refractivity contribution is 5.79. The molecule has 0 aliphatic carbocycles. The molecule has 0 saturated heterocycles. The van der Waals surface area contributed by atoms with Gasteiger partial charge in [0, 0.05) is 12.3 Å². The van der Waals surface area contributed by atoms with Crippen LogP contribution in [0.15, 0.2) is 65.6 Å². The molecular formula is C17H13N3O2. The molecule has 2 aromatic carbocycles. The zero-order chi connectivity index (χ0) is 15.1. The standard InChI is InChI=1S/C17H13N3O2/c1-22-13-8-6-12(7-9-13)20-16(21)10-11-19-15-5-3-2-4-14(15)18-17(19)20/h2-11H,1H3. The summed E-state index contributed by atoms with van der Waals surface area (Å²) in [5.41, 5.74) is 2.47. The second-order valence-electron chi connectivity index (χ2n) is 4.96. The van der Waals surface area contributed by atoms with E-state index in [1.165, 1.54) is 0 Å². The highest BCUT2D eigenvalue weighted by atomic mass is 16.5. The first-order valence-corrected chi connectivity index (χ1v) is 6.91. The molecule has 0 aliphatic heterocycles. The summed E-state index contributed by atoms with van der Waals surface area (Å²) < 4.78 is 8.68. The summed E-state index contributed by atoms with van der Waals surface area (Å²) in [5, 5.41) is 0. The van der Waals surface area contributed by atoms with Crippen LogP contribution in [0.1, 0.15) is 0 Å². The number of fused-ring (bicyclic) bond motifs is 3. The Morgan fingerprint density at radius 1 is 1.00 bits per heavy atom. The predicted octanol–water partition coefficient (Wildman–Crippen LogP) is 2.65. The largest absolute Gasteiger partial charge is 0.497 e. The van der Waals surface area contributed by atoms with Crippen LogP contribution in [0.3, 0.4) is 0 Å². The predicted molar refractivity (Wildman–Crippen MR) is 84.8 cm³/mol. The van der Waals surface area contributed by atoms with Crippen molar-refractivity contribution >= 4 is 16.8 Å². The van der Waals surface area contributed by atoms with E-state index in [4.69, 9.17) is 4.74 Å². The maximum absolute atomic E-state index is 12.3. The number of imidazole rings is 1. The van der Waals surface area contributed by atoms with Crippen molar-refractivity contribution in [1.82, 2.24) is 14.0 Å². The number of hydrogen-bond donors (Lipinski definition) is 0. The molecule has 0 aliphatic rings. The van der Waals surface area contributed by atoms with Gasteiger partial charge in [0.2, 0.25) is 5.78 Å². The molecule has 0 amide bonds. The van der Waals surface area contributed by atoms with E-state index in [0.717, 1.165) is 22.5 Å². The van der Waals surface area contributed by atoms with Gasteiger partial charge >= 0.3 is 0 Å². The van der Waals surface area contributed by atoms with Crippen LogP contribution in [0.4, 0.5) is 0 Å². The van der Waals surface area contributed by atoms with Gasteiger partial charge in [0.15, 0.2) is 0 Å². The van der Waals surface area contributed by atoms with Crippen LogP contribution < -0.4 is 10.3 Å². The molecule has 5 nitrogen and oxygen atoms in total. The van der Waals surface area contributed by atoms with Crippen LogP contribution in [0.5, 0.6) is 5.75 Å². The van der Waals surface area contributed by atoms with Crippen molar-refractivity contribution in [2.24, 2.45) is 0 Å². The molecule has 2 aromatic heterocycles. The minimum atomic E-state index is -0.118. The minimum Gasteiger partial charge on any atom is -0.497 e. The molecule has 22 heavy (non-hydrogen) atoms. The van der Waals surface area contributed by atoms with E-state index in [9.17, 15) is 4.79 Å². The van der Waals surface area contributed by atoms with Gasteiger partial charge in [0.1, 0.15) is 5.75 Å². The van der Waals surface area contributed by atoms with E-state index in [1.807, 2.05) is 52.9 Å². The Hall–Kier alpha value is -3.08. The molecule has 108 valence electrons. The molecular weight excluding hydrogens is 278 g/mol. The van der Waals surface area contributed by atoms with Crippen molar-refractivity contribution in [2.45, 2.75) is 0 Å². The molecule has 2 heterocycles. The summed E-state index contributed by atoms with van der Waals surface area (Å²) in [4.78, 5) is 16.9. The van der Waals surface area contributed by atoms with Crippen LogP contribution in [0.2, 0.25) is 0 Å². The number of methoxy groups -OCH3 is 1. The van der Waals surface area contributed by atoms with Crippen molar-refractivity contribution < 1.29 is 4.74 Å². The fourth-order valence-corrected chi connectivity index (χ4v) is 2.62. The highest BCUT2D eigenvalue weighted by Gasteiger charge is 2.10. The zero-order valence-electron chi connectivity index (χ0n) is 11.9. The van der Waals surface area contributed by atoms with Gasteiger partial charge in [0.05, 0.1) is 23.8 Å². The van der Waals surface area contributed by atoms with Gasteiger partial charge in [-0.1, -0.05) is 12.1 Å². The molecule has 0 spiro atoms. The highest BCUT2D eigenvalue weighted by Crippen LogP contribution is 2.19. The number of para-hydroxylation sites is 2. The third-order valence-corrected chi connectivity index (χ3v) is 3.69. The van der Waals surface area contributed by atoms with Crippen molar-refractivity contribution in [3.63, 3.8) is 0 Å². The third kappa shape index (κ3) is 1.79. The van der Waals surface area contributed by atoms with Gasteiger partial charge in [-0.25, -0.2) is 9.55 Å². The molecule has 0 bridgehead atoms. The Labute approximate surface area is 126 Å². The molecule has 0 fully saturated rings. The Kier molecular flexibility index (Phi) is 2.72. The summed E-state index contributed by atoms with van der Waals surface area (Å²) in [6.45, 7) is 0. The van der Waals surface area contributed by atoms with E-state index >= 15 is 0 Å². The van der Waals surface area contributed by atoms with Crippen LogP contribution >= 0.6 is 0 Å². The van der Waals surface area contributed by atoms with Gasteiger partial charge in [-0.2, -0.15) is 0 Å². The maximum atomic E-state index is 12.3. The Morgan fingerprint density at radius 2 is 1.77 bits per heavy atom. The minimum absolute atomic E-state index is 0.118. The number of aromatic nitrogens is 3. The Balaban J connectivity index is 2.07. The average molecular weight is 291 g/mol. The number of nitrogens with zero attached hydrogens (tertiary/aromatic N) is 3. The van der Waals surface area contributed by atoms with Crippen molar-refractivity contribution in [3.8, 4) is 11.4 Å². The van der Waals surface area contributed by atoms with E-state index in [1.54, 1.807) is 23.9 Å². The molecule has 4 aromatic rings. The smallest absolute Gasteiger partial charge is 0.259 e. The van der Waals surface area contributed by atoms with Gasteiger partial charge in [0.25, 0.3) is 5.56 Å². The average Bonchev–Trinajstić information content (AvgIpc) is 2.93. The lowest BCUT2D eigenvalue weighted by Crippen LogP contribution is -2.19. The summed E-state index contributed by atoms with van der Waals surface area (Å²) in [6.07, 6.45) is 1.76. The number of ether oxygens (including phenoxy) is 1. The maximum Gasteiger partial charge on any atom is 0.259 e. The molecule has 0 saturated carbocycles. The quantitative estimate of drug-likeness (QED) is 0.570. The number of hydrogen-bond acceptors (Lipinski definition) is 3. The first kappa shape index (κ1) is 12.6. The Morgan fingerprint density at radius 3 is 2.55 bits per heavy atom. The summed E-state index contributed by atoms with van der Waals surface area (Å²) in [6, 6.07) is 16.7. The lowest BCUT2D eigenvalue weighted by Gasteiger charge is -2.08. The van der Waals surface area contributed by atoms with Crippen molar-refractivity contribution in [2.75, 3.05) is 7.11 Å². The summed E-state index contributed by atoms with van der Waals surface area (Å²) in [5.74, 6) is 1.34. The fourth-order valence-electron chi connectivity index (χ4n) is 2.62. The topological polar surface area (TPSA) is 48.5 Å². The molecule has 0 radical (unpaired) electrons. The summed E-state index contributed by atoms with van der Waals surface area (Å²) in [7, 11) is 1.61. The molecule has 0 atom stereocenters. The van der Waals surface area contributed by atoms with Crippen LogP contribution in [0, 0.1) is 0 Å². The second-order valence-corrected chi connectivity index (χ2v) is 4.96. The van der Waals surface area contributed by atoms with E-state index in [2.05, 4.69) is 4.98 Å². The normalized spacial score (nSPS) is 11.1. The van der Waals surface area contributed by atoms with E-state index in [0.29, 0.717) is 5.78 Å². The fraction of sp³-hybridized carbons (Fsp3) is 0.0588. The molecule has 0 N–H and O–H groups in total. The zero-order valence-corrected chi connectivity index (χ0v) is 11.9. The van der Waals surface area contributed by atoms with Gasteiger partial charge in [-0.05, 0) is 36.4 Å². The molecule has 4 rings (SSSR count). The SMILES string of the molecule is COc1ccc(-n2c(=O)ccn3c4ccccc4nc23)cc1. The first-order chi connectivity index (χ1) is 10.8. The number of benzene rings is 2. The number of rotatable bonds is 2. The van der Waals surface area contributed by atoms with Gasteiger partial charge in [-0.3, -0.25) is 9.20 Å². The molecule has 5 heteroatoms. The third-order valence-electron chi connectivity index (χ3n) is 3.69. The monoisotopic (exact) mass is 291 g/mol. The van der Waals surface area contributed by atoms with Gasteiger partial charge in [-0.15, -0.1) is 0 Å². The second kappa shape index (κ2) is 4.73. The van der Waals surface area contributed by atoms with E-state index < -0.39 is 0 Å². The van der Waals surface area contributed by atoms with Crippen LogP contribution in [0.25, 0.3) is 22.5 Å². The lowest BCUT2D eigenvalue weighted by atomic mass is 10.3. The lowest BCUT2D eigenvalue weighted by molar-refractivity contribution is 0.414. The van der Waals surface area contributed by atoms with Crippen molar-refractivity contribution in [1.29, 1.82) is 0 Å². The van der Waals surface area contributed by atoms with E-state index in [-0.39, 0.29) is 5.56 Å². The summed E-state index contributed by atoms with van der Waals surface area (Å²) >= 11 is 0. The Bertz CT molecular complexity index is 1030. The van der Waals surface area contributed by atoms with Crippen LogP contribution in [-0.2, 0) is 0 Å². The molecule has 0 unspecified atom stereocenters. The first-order valence-electron chi connectivity index (χ1n) is 6.91. The van der Waals surface area contributed by atoms with Gasteiger partial charge < -0.3 is 4.74 Å². The van der Waals surface area contributed by atoms with Crippen molar-refractivity contribution in [3.05, 3.63) is 71.1 Å². The van der Waals surface area contributed by atoms with Crippen LogP contribution in [-0.4, -0.2) is 21.1 Å².